The first kappa shape index (κ1) is 40.2. The molecule has 3 atom stereocenters. The van der Waals surface area contributed by atoms with Gasteiger partial charge in [0.25, 0.3) is 0 Å². The Bertz CT molecular complexity index is 1830. The zero-order chi connectivity index (χ0) is 36.7. The van der Waals surface area contributed by atoms with E-state index in [1.807, 2.05) is 42.5 Å². The van der Waals surface area contributed by atoms with Crippen LogP contribution in [0.15, 0.2) is 83.7 Å². The van der Waals surface area contributed by atoms with Crippen molar-refractivity contribution in [1.29, 1.82) is 0 Å². The number of phenols is 1. The van der Waals surface area contributed by atoms with Gasteiger partial charge in [-0.05, 0) is 79.3 Å². The molecule has 3 aliphatic heterocycles. The maximum Gasteiger partial charge on any atom is 0.248 e. The molecule has 2 bridgehead atoms. The molecule has 10 nitrogen and oxygen atoms in total. The minimum Gasteiger partial charge on any atom is -1.00 e. The summed E-state index contributed by atoms with van der Waals surface area (Å²) in [6.45, 7) is 7.10. The van der Waals surface area contributed by atoms with Crippen molar-refractivity contribution in [2.45, 2.75) is 69.2 Å². The van der Waals surface area contributed by atoms with E-state index in [9.17, 15) is 20.1 Å². The number of hydrogen-bond donors (Lipinski definition) is 5. The second kappa shape index (κ2) is 18.5. The summed E-state index contributed by atoms with van der Waals surface area (Å²) in [5, 5.41) is 36.7. The lowest BCUT2D eigenvalue weighted by atomic mass is 9.80. The molecular weight excluding hydrogens is 750 g/mol. The van der Waals surface area contributed by atoms with E-state index >= 15 is 0 Å². The number of pyridine rings is 1. The third-order valence-corrected chi connectivity index (χ3v) is 12.1. The van der Waals surface area contributed by atoms with Crippen molar-refractivity contribution in [2.24, 2.45) is 11.8 Å². The van der Waals surface area contributed by atoms with E-state index in [1.54, 1.807) is 12.1 Å². The molecular formula is C43H56BrN3O7. The van der Waals surface area contributed by atoms with Gasteiger partial charge in [0.05, 0.1) is 51.1 Å². The molecule has 5 N–H and O–H groups in total. The van der Waals surface area contributed by atoms with Crippen LogP contribution >= 0.6 is 0 Å². The minimum absolute atomic E-state index is 0. The number of rotatable bonds is 18. The number of aliphatic hydroxyl groups is 2. The van der Waals surface area contributed by atoms with Crippen molar-refractivity contribution in [2.75, 3.05) is 59.1 Å². The van der Waals surface area contributed by atoms with Gasteiger partial charge in [-0.25, -0.2) is 0 Å². The molecule has 292 valence electrons. The Morgan fingerprint density at radius 3 is 2.26 bits per heavy atom. The van der Waals surface area contributed by atoms with Gasteiger partial charge in [-0.2, -0.15) is 0 Å². The number of benzene rings is 3. The summed E-state index contributed by atoms with van der Waals surface area (Å²) in [7, 11) is 0. The molecule has 8 rings (SSSR count). The quantitative estimate of drug-likeness (QED) is 0.0767. The maximum atomic E-state index is 12.0. The number of piperidine rings is 3. The van der Waals surface area contributed by atoms with Crippen molar-refractivity contribution in [3.05, 3.63) is 100 Å². The van der Waals surface area contributed by atoms with Crippen LogP contribution in [0.4, 0.5) is 0 Å². The van der Waals surface area contributed by atoms with Crippen LogP contribution in [0.1, 0.15) is 68.6 Å². The van der Waals surface area contributed by atoms with Crippen molar-refractivity contribution in [3.8, 4) is 17.2 Å². The highest BCUT2D eigenvalue weighted by molar-refractivity contribution is 5.87. The first-order valence-electron chi connectivity index (χ1n) is 19.7. The first-order chi connectivity index (χ1) is 25.8. The van der Waals surface area contributed by atoms with Crippen molar-refractivity contribution in [3.63, 3.8) is 0 Å². The van der Waals surface area contributed by atoms with E-state index in [4.69, 9.17) is 14.2 Å². The lowest BCUT2D eigenvalue weighted by Crippen LogP contribution is -3.00. The average molecular weight is 807 g/mol. The molecule has 0 unspecified atom stereocenters. The van der Waals surface area contributed by atoms with Gasteiger partial charge in [-0.15, -0.1) is 0 Å². The highest BCUT2D eigenvalue weighted by Crippen LogP contribution is 2.43. The molecule has 4 aromatic rings. The van der Waals surface area contributed by atoms with E-state index in [2.05, 4.69) is 22.4 Å². The average Bonchev–Trinajstić information content (AvgIpc) is 3.75. The van der Waals surface area contributed by atoms with Gasteiger partial charge in [0.15, 0.2) is 0 Å². The number of fused-ring (bicyclic) bond motifs is 4. The number of hydrogen-bond acceptors (Lipinski definition) is 8. The lowest BCUT2D eigenvalue weighted by molar-refractivity contribution is -0.946. The Morgan fingerprint density at radius 1 is 0.870 bits per heavy atom. The van der Waals surface area contributed by atoms with Crippen LogP contribution in [-0.2, 0) is 10.3 Å². The summed E-state index contributed by atoms with van der Waals surface area (Å²) in [4.78, 5) is 14.3. The standard InChI is InChI=1S/C43H55N3O7.BrH/c47-38-18-16-36(37-17-19-41(49)45-42(37)38)39(48)28-44-22-6-26-51-34-12-14-35(15-13-34)52-27-7-23-46-24-20-31(21-25-46)40(29-46)53-30-43(50,33-10-4-5-11-33)32-8-2-1-3-9-32;/h1-3,8-9,12-19,31,33,39-40,44,48,50H,4-7,10-11,20-30H2,(H-,45,47,49);1H/t31?,39-,40-,43+,46?;/m1./s1. The highest BCUT2D eigenvalue weighted by Gasteiger charge is 2.48. The van der Waals surface area contributed by atoms with E-state index in [0.717, 1.165) is 60.3 Å². The van der Waals surface area contributed by atoms with Crippen LogP contribution in [0.2, 0.25) is 0 Å². The van der Waals surface area contributed by atoms with E-state index in [1.165, 1.54) is 50.9 Å². The predicted molar refractivity (Wildman–Crippen MR) is 205 cm³/mol. The smallest absolute Gasteiger partial charge is 0.248 e. The summed E-state index contributed by atoms with van der Waals surface area (Å²) in [5.41, 5.74) is 0.748. The Kier molecular flexibility index (Phi) is 13.7. The number of halogens is 1. The van der Waals surface area contributed by atoms with Gasteiger partial charge in [0.1, 0.15) is 35.5 Å². The van der Waals surface area contributed by atoms with Gasteiger partial charge in [-0.3, -0.25) is 4.79 Å². The Labute approximate surface area is 328 Å². The number of H-pyrrole nitrogens is 1. The molecule has 0 spiro atoms. The normalized spacial score (nSPS) is 22.8. The van der Waals surface area contributed by atoms with Crippen LogP contribution in [0.25, 0.3) is 10.9 Å². The Morgan fingerprint density at radius 2 is 1.56 bits per heavy atom. The summed E-state index contributed by atoms with van der Waals surface area (Å²) in [6.07, 6.45) is 8.05. The molecule has 1 saturated carbocycles. The van der Waals surface area contributed by atoms with E-state index in [0.29, 0.717) is 55.3 Å². The van der Waals surface area contributed by atoms with Crippen LogP contribution < -0.4 is 37.3 Å². The molecule has 4 aliphatic rings. The summed E-state index contributed by atoms with van der Waals surface area (Å²) >= 11 is 0. The van der Waals surface area contributed by atoms with E-state index in [-0.39, 0.29) is 40.3 Å². The number of phenolic OH excluding ortho intramolecular Hbond substituents is 1. The van der Waals surface area contributed by atoms with Crippen molar-refractivity contribution < 1.29 is 51.0 Å². The summed E-state index contributed by atoms with van der Waals surface area (Å²) in [5.74, 6) is 2.45. The second-order valence-electron chi connectivity index (χ2n) is 15.5. The molecule has 3 aromatic carbocycles. The van der Waals surface area contributed by atoms with Crippen LogP contribution in [-0.4, -0.2) is 90.0 Å². The number of aromatic amines is 1. The molecule has 4 fully saturated rings. The number of ether oxygens (including phenoxy) is 3. The number of quaternary nitrogens is 1. The molecule has 1 aromatic heterocycles. The molecule has 3 saturated heterocycles. The van der Waals surface area contributed by atoms with Gasteiger partial charge < -0.3 is 61.3 Å². The van der Waals surface area contributed by atoms with Gasteiger partial charge in [0.2, 0.25) is 5.56 Å². The van der Waals surface area contributed by atoms with Gasteiger partial charge in [0, 0.05) is 43.2 Å². The molecule has 54 heavy (non-hydrogen) atoms. The molecule has 0 amide bonds. The second-order valence-corrected chi connectivity index (χ2v) is 15.5. The topological polar surface area (TPSA) is 133 Å². The zero-order valence-electron chi connectivity index (χ0n) is 31.1. The molecule has 0 radical (unpaired) electrons. The van der Waals surface area contributed by atoms with Crippen LogP contribution in [0.5, 0.6) is 17.2 Å². The fraction of sp³-hybridized carbons (Fsp3) is 0.512. The maximum absolute atomic E-state index is 12.0. The van der Waals surface area contributed by atoms with Crippen LogP contribution in [0.3, 0.4) is 0 Å². The molecule has 11 heteroatoms. The van der Waals surface area contributed by atoms with Gasteiger partial charge >= 0.3 is 0 Å². The monoisotopic (exact) mass is 805 g/mol. The molecule has 1 aliphatic carbocycles. The zero-order valence-corrected chi connectivity index (χ0v) is 32.7. The van der Waals surface area contributed by atoms with Gasteiger partial charge in [-0.1, -0.05) is 49.2 Å². The third kappa shape index (κ3) is 9.49. The fourth-order valence-corrected chi connectivity index (χ4v) is 9.03. The van der Waals surface area contributed by atoms with Crippen molar-refractivity contribution in [1.82, 2.24) is 10.3 Å². The first-order valence-corrected chi connectivity index (χ1v) is 19.7. The summed E-state index contributed by atoms with van der Waals surface area (Å²) < 4.78 is 19.9. The SMILES string of the molecule is O=c1ccc2c([C@H](O)CNCCCOc3ccc(OCCC[N+]45CCC(CC4)[C@H](OC[C@](O)(c4ccccc4)C4CCCC4)C5)cc3)ccc(O)c2[nH]1.[Br-]. The van der Waals surface area contributed by atoms with Crippen LogP contribution in [0, 0.1) is 11.8 Å². The number of aliphatic hydroxyl groups excluding tert-OH is 1. The number of aromatic hydroxyl groups is 1. The molecule has 4 heterocycles. The number of aromatic nitrogens is 1. The van der Waals surface area contributed by atoms with E-state index < -0.39 is 11.7 Å². The summed E-state index contributed by atoms with van der Waals surface area (Å²) in [6, 6.07) is 24.2. The minimum atomic E-state index is -0.914. The highest BCUT2D eigenvalue weighted by atomic mass is 79.9. The largest absolute Gasteiger partial charge is 1.00 e. The van der Waals surface area contributed by atoms with Crippen molar-refractivity contribution >= 4 is 10.9 Å². The lowest BCUT2D eigenvalue weighted by Gasteiger charge is -2.53. The third-order valence-electron chi connectivity index (χ3n) is 12.1. The Balaban J connectivity index is 0.00000497. The fourth-order valence-electron chi connectivity index (χ4n) is 9.03. The number of nitrogens with zero attached hydrogens (tertiary/aromatic N) is 1. The number of nitrogens with one attached hydrogen (secondary N) is 2. The predicted octanol–water partition coefficient (Wildman–Crippen LogP) is 2.80. The Hall–Kier alpha value is -3.45.